The third-order valence-electron chi connectivity index (χ3n) is 3.18. The van der Waals surface area contributed by atoms with Crippen molar-refractivity contribution in [1.82, 2.24) is 0 Å². The van der Waals surface area contributed by atoms with Gasteiger partial charge in [0.2, 0.25) is 0 Å². The minimum Gasteiger partial charge on any atom is -0.369 e. The van der Waals surface area contributed by atoms with E-state index in [-0.39, 0.29) is 17.5 Å². The zero-order chi connectivity index (χ0) is 13.3. The van der Waals surface area contributed by atoms with Crippen LogP contribution in [0.25, 0.3) is 0 Å². The second-order valence-electron chi connectivity index (χ2n) is 4.63. The summed E-state index contributed by atoms with van der Waals surface area (Å²) in [6.07, 6.45) is 0. The van der Waals surface area contributed by atoms with Gasteiger partial charge in [-0.25, -0.2) is 8.42 Å². The Hall–Kier alpha value is -0.590. The number of rotatable bonds is 2. The zero-order valence-corrected chi connectivity index (χ0v) is 12.7. The van der Waals surface area contributed by atoms with Gasteiger partial charge in [0.25, 0.3) is 0 Å². The van der Waals surface area contributed by atoms with Gasteiger partial charge < -0.3 is 10.6 Å². The first kappa shape index (κ1) is 13.8. The van der Waals surface area contributed by atoms with Crippen LogP contribution in [0.5, 0.6) is 0 Å². The van der Waals surface area contributed by atoms with Crippen LogP contribution in [0, 0.1) is 0 Å². The fraction of sp³-hybridized carbons (Fsp3) is 0.500. The second-order valence-corrected chi connectivity index (χ2v) is 7.79. The van der Waals surface area contributed by atoms with Crippen molar-refractivity contribution in [3.63, 3.8) is 0 Å². The van der Waals surface area contributed by atoms with E-state index in [9.17, 15) is 8.42 Å². The highest BCUT2D eigenvalue weighted by molar-refractivity contribution is 9.10. The van der Waals surface area contributed by atoms with Crippen molar-refractivity contribution >= 4 is 31.5 Å². The molecule has 0 radical (unpaired) electrons. The van der Waals surface area contributed by atoms with Crippen molar-refractivity contribution in [2.45, 2.75) is 13.0 Å². The number of nitrogens with two attached hydrogens (primary N) is 1. The summed E-state index contributed by atoms with van der Waals surface area (Å²) in [6, 6.07) is 5.99. The SMILES string of the molecule is CC(N)c1ccc(N2CCS(=O)(=O)CC2)cc1Br. The first-order valence-electron chi connectivity index (χ1n) is 5.89. The van der Waals surface area contributed by atoms with Gasteiger partial charge in [0, 0.05) is 29.3 Å². The van der Waals surface area contributed by atoms with Gasteiger partial charge in [-0.3, -0.25) is 0 Å². The number of anilines is 1. The lowest BCUT2D eigenvalue weighted by Crippen LogP contribution is -2.40. The topological polar surface area (TPSA) is 63.4 Å². The van der Waals surface area contributed by atoms with E-state index < -0.39 is 9.84 Å². The van der Waals surface area contributed by atoms with Crippen LogP contribution in [0.1, 0.15) is 18.5 Å². The maximum Gasteiger partial charge on any atom is 0.153 e. The summed E-state index contributed by atoms with van der Waals surface area (Å²) in [6.45, 7) is 3.06. The zero-order valence-electron chi connectivity index (χ0n) is 10.3. The smallest absolute Gasteiger partial charge is 0.153 e. The van der Waals surface area contributed by atoms with E-state index in [2.05, 4.69) is 20.8 Å². The molecule has 0 amide bonds. The molecule has 4 nitrogen and oxygen atoms in total. The maximum absolute atomic E-state index is 11.4. The van der Waals surface area contributed by atoms with E-state index in [1.54, 1.807) is 0 Å². The highest BCUT2D eigenvalue weighted by Crippen LogP contribution is 2.28. The molecule has 0 aromatic heterocycles. The molecule has 1 fully saturated rings. The monoisotopic (exact) mass is 332 g/mol. The van der Waals surface area contributed by atoms with Gasteiger partial charge in [0.15, 0.2) is 9.84 Å². The van der Waals surface area contributed by atoms with Crippen molar-refractivity contribution in [1.29, 1.82) is 0 Å². The summed E-state index contributed by atoms with van der Waals surface area (Å²) in [5, 5.41) is 0. The van der Waals surface area contributed by atoms with Gasteiger partial charge in [-0.2, -0.15) is 0 Å². The van der Waals surface area contributed by atoms with E-state index in [1.807, 2.05) is 25.1 Å². The summed E-state index contributed by atoms with van der Waals surface area (Å²) in [5.41, 5.74) is 7.96. The lowest BCUT2D eigenvalue weighted by Gasteiger charge is -2.29. The van der Waals surface area contributed by atoms with E-state index in [0.717, 1.165) is 15.7 Å². The number of benzene rings is 1. The van der Waals surface area contributed by atoms with Crippen LogP contribution < -0.4 is 10.6 Å². The van der Waals surface area contributed by atoms with Gasteiger partial charge >= 0.3 is 0 Å². The molecule has 1 aliphatic rings. The third kappa shape index (κ3) is 3.05. The molecule has 0 saturated carbocycles. The van der Waals surface area contributed by atoms with Gasteiger partial charge in [0.1, 0.15) is 0 Å². The molecule has 1 heterocycles. The van der Waals surface area contributed by atoms with Gasteiger partial charge in [-0.15, -0.1) is 0 Å². The molecule has 2 N–H and O–H groups in total. The van der Waals surface area contributed by atoms with Gasteiger partial charge in [-0.05, 0) is 24.6 Å². The van der Waals surface area contributed by atoms with Crippen LogP contribution >= 0.6 is 15.9 Å². The molecule has 1 aromatic carbocycles. The van der Waals surface area contributed by atoms with Gasteiger partial charge in [-0.1, -0.05) is 22.0 Å². The van der Waals surface area contributed by atoms with Crippen LogP contribution in [0.3, 0.4) is 0 Å². The molecule has 6 heteroatoms. The largest absolute Gasteiger partial charge is 0.369 e. The fourth-order valence-electron chi connectivity index (χ4n) is 2.05. The predicted molar refractivity (Wildman–Crippen MR) is 77.6 cm³/mol. The standard InChI is InChI=1S/C12H17BrN2O2S/c1-9(14)11-3-2-10(8-12(11)13)15-4-6-18(16,17)7-5-15/h2-3,8-9H,4-7,14H2,1H3. The van der Waals surface area contributed by atoms with Crippen molar-refractivity contribution < 1.29 is 8.42 Å². The van der Waals surface area contributed by atoms with Crippen molar-refractivity contribution in [3.05, 3.63) is 28.2 Å². The van der Waals surface area contributed by atoms with E-state index >= 15 is 0 Å². The Balaban J connectivity index is 2.18. The molecular weight excluding hydrogens is 316 g/mol. The predicted octanol–water partition coefficient (Wildman–Crippen LogP) is 1.70. The maximum atomic E-state index is 11.4. The molecule has 1 atom stereocenters. The molecule has 1 unspecified atom stereocenters. The lowest BCUT2D eigenvalue weighted by molar-refractivity contribution is 0.587. The third-order valence-corrected chi connectivity index (χ3v) is 5.48. The molecular formula is C12H17BrN2O2S. The number of sulfone groups is 1. The highest BCUT2D eigenvalue weighted by Gasteiger charge is 2.22. The van der Waals surface area contributed by atoms with Crippen molar-refractivity contribution in [2.24, 2.45) is 5.73 Å². The highest BCUT2D eigenvalue weighted by atomic mass is 79.9. The molecule has 1 aromatic rings. The second kappa shape index (κ2) is 5.19. The van der Waals surface area contributed by atoms with Crippen LogP contribution in [-0.2, 0) is 9.84 Å². The average molecular weight is 333 g/mol. The minimum absolute atomic E-state index is 0.0184. The van der Waals surface area contributed by atoms with Crippen molar-refractivity contribution in [3.8, 4) is 0 Å². The average Bonchev–Trinajstić information content (AvgIpc) is 2.28. The Morgan fingerprint density at radius 3 is 2.44 bits per heavy atom. The Morgan fingerprint density at radius 1 is 1.33 bits per heavy atom. The fourth-order valence-corrected chi connectivity index (χ4v) is 3.98. The van der Waals surface area contributed by atoms with E-state index in [0.29, 0.717) is 13.1 Å². The Kier molecular flexibility index (Phi) is 3.99. The van der Waals surface area contributed by atoms with Gasteiger partial charge in [0.05, 0.1) is 11.5 Å². The quantitative estimate of drug-likeness (QED) is 0.895. The lowest BCUT2D eigenvalue weighted by atomic mass is 10.1. The number of halogens is 1. The number of hydrogen-bond donors (Lipinski definition) is 1. The molecule has 0 bridgehead atoms. The molecule has 2 rings (SSSR count). The molecule has 1 saturated heterocycles. The summed E-state index contributed by atoms with van der Waals surface area (Å²) >= 11 is 3.51. The normalized spacial score (nSPS) is 20.7. The molecule has 18 heavy (non-hydrogen) atoms. The van der Waals surface area contributed by atoms with Crippen LogP contribution in [-0.4, -0.2) is 33.0 Å². The molecule has 0 spiro atoms. The number of nitrogens with zero attached hydrogens (tertiary/aromatic N) is 1. The summed E-state index contributed by atoms with van der Waals surface area (Å²) in [7, 11) is -2.83. The molecule has 0 aliphatic carbocycles. The van der Waals surface area contributed by atoms with Crippen LogP contribution in [0.2, 0.25) is 0 Å². The van der Waals surface area contributed by atoms with Crippen LogP contribution in [0.15, 0.2) is 22.7 Å². The summed E-state index contributed by atoms with van der Waals surface area (Å²) < 4.78 is 23.7. The van der Waals surface area contributed by atoms with Crippen molar-refractivity contribution in [2.75, 3.05) is 29.5 Å². The Labute approximate surface area is 116 Å². The molecule has 100 valence electrons. The first-order valence-corrected chi connectivity index (χ1v) is 8.51. The van der Waals surface area contributed by atoms with E-state index in [1.165, 1.54) is 0 Å². The minimum atomic E-state index is -2.83. The summed E-state index contributed by atoms with van der Waals surface area (Å²) in [5.74, 6) is 0.472. The van der Waals surface area contributed by atoms with Crippen LogP contribution in [0.4, 0.5) is 5.69 Å². The Bertz CT molecular complexity index is 529. The number of hydrogen-bond acceptors (Lipinski definition) is 4. The summed E-state index contributed by atoms with van der Waals surface area (Å²) in [4.78, 5) is 2.09. The molecule has 1 aliphatic heterocycles. The Morgan fingerprint density at radius 2 is 1.94 bits per heavy atom. The van der Waals surface area contributed by atoms with E-state index in [4.69, 9.17) is 5.73 Å². The first-order chi connectivity index (χ1) is 8.39.